The summed E-state index contributed by atoms with van der Waals surface area (Å²) in [5.74, 6) is 0.518. The Labute approximate surface area is 124 Å². The summed E-state index contributed by atoms with van der Waals surface area (Å²) in [6, 6.07) is 13.9. The van der Waals surface area contributed by atoms with Crippen LogP contribution in [-0.2, 0) is 0 Å². The molecule has 0 aliphatic heterocycles. The highest BCUT2D eigenvalue weighted by Gasteiger charge is 2.09. The van der Waals surface area contributed by atoms with Gasteiger partial charge < -0.3 is 15.4 Å². The molecule has 0 aliphatic rings. The number of rotatable bonds is 4. The Morgan fingerprint density at radius 2 is 1.95 bits per heavy atom. The second-order valence-electron chi connectivity index (χ2n) is 4.29. The van der Waals surface area contributed by atoms with E-state index in [2.05, 4.69) is 34.7 Å². The Bertz CT molecular complexity index is 574. The average Bonchev–Trinajstić information content (AvgIpc) is 2.48. The van der Waals surface area contributed by atoms with Crippen molar-refractivity contribution in [3.63, 3.8) is 0 Å². The third-order valence-corrected chi connectivity index (χ3v) is 3.08. The van der Waals surface area contributed by atoms with Gasteiger partial charge in [-0.1, -0.05) is 30.3 Å². The van der Waals surface area contributed by atoms with Crippen LogP contribution in [0.25, 0.3) is 0 Å². The van der Waals surface area contributed by atoms with E-state index in [1.54, 1.807) is 13.3 Å². The summed E-state index contributed by atoms with van der Waals surface area (Å²) in [7, 11) is 1.58. The second kappa shape index (κ2) is 6.86. The van der Waals surface area contributed by atoms with E-state index in [9.17, 15) is 0 Å². The monoisotopic (exact) mass is 287 g/mol. The van der Waals surface area contributed by atoms with Gasteiger partial charge >= 0.3 is 0 Å². The molecule has 0 saturated heterocycles. The first-order valence-corrected chi connectivity index (χ1v) is 6.73. The lowest BCUT2D eigenvalue weighted by molar-refractivity contribution is 0.400. The van der Waals surface area contributed by atoms with Gasteiger partial charge in [-0.15, -0.1) is 0 Å². The van der Waals surface area contributed by atoms with Crippen LogP contribution >= 0.6 is 12.2 Å². The highest BCUT2D eigenvalue weighted by Crippen LogP contribution is 2.20. The van der Waals surface area contributed by atoms with Crippen LogP contribution in [0.5, 0.6) is 5.88 Å². The molecule has 20 heavy (non-hydrogen) atoms. The van der Waals surface area contributed by atoms with Crippen LogP contribution in [-0.4, -0.2) is 17.2 Å². The van der Waals surface area contributed by atoms with E-state index in [-0.39, 0.29) is 6.04 Å². The fraction of sp³-hybridized carbons (Fsp3) is 0.200. The van der Waals surface area contributed by atoms with Crippen molar-refractivity contribution in [1.29, 1.82) is 0 Å². The molecule has 0 aliphatic carbocycles. The van der Waals surface area contributed by atoms with Crippen LogP contribution < -0.4 is 15.4 Å². The number of pyridine rings is 1. The molecule has 2 rings (SSSR count). The van der Waals surface area contributed by atoms with Crippen molar-refractivity contribution in [1.82, 2.24) is 10.3 Å². The summed E-state index contributed by atoms with van der Waals surface area (Å²) in [4.78, 5) is 4.12. The maximum atomic E-state index is 5.31. The summed E-state index contributed by atoms with van der Waals surface area (Å²) in [5.41, 5.74) is 1.92. The Morgan fingerprint density at radius 3 is 2.65 bits per heavy atom. The van der Waals surface area contributed by atoms with Crippen molar-refractivity contribution in [3.8, 4) is 5.88 Å². The normalized spacial score (nSPS) is 11.5. The summed E-state index contributed by atoms with van der Waals surface area (Å²) >= 11 is 5.31. The van der Waals surface area contributed by atoms with E-state index in [1.165, 1.54) is 5.56 Å². The van der Waals surface area contributed by atoms with Crippen LogP contribution in [0.3, 0.4) is 0 Å². The van der Waals surface area contributed by atoms with Crippen molar-refractivity contribution in [2.45, 2.75) is 13.0 Å². The third kappa shape index (κ3) is 3.68. The first kappa shape index (κ1) is 14.3. The second-order valence-corrected chi connectivity index (χ2v) is 4.70. The van der Waals surface area contributed by atoms with Gasteiger partial charge in [-0.3, -0.25) is 0 Å². The molecule has 0 fully saturated rings. The van der Waals surface area contributed by atoms with Gasteiger partial charge in [-0.25, -0.2) is 4.98 Å². The summed E-state index contributed by atoms with van der Waals surface area (Å²) in [5, 5.41) is 6.86. The molecule has 0 amide bonds. The standard InChI is InChI=1S/C15H17N3OS/c1-11(12-7-4-3-5-8-12)17-15(20)18-13-9-6-10-16-14(13)19-2/h3-11H,1-2H3,(H2,17,18,20). The van der Waals surface area contributed by atoms with E-state index in [0.717, 1.165) is 5.69 Å². The smallest absolute Gasteiger partial charge is 0.237 e. The van der Waals surface area contributed by atoms with Crippen molar-refractivity contribution in [3.05, 3.63) is 54.2 Å². The number of hydrogen-bond donors (Lipinski definition) is 2. The topological polar surface area (TPSA) is 46.2 Å². The van der Waals surface area contributed by atoms with Gasteiger partial charge in [-0.05, 0) is 36.8 Å². The highest BCUT2D eigenvalue weighted by molar-refractivity contribution is 7.80. The number of nitrogens with zero attached hydrogens (tertiary/aromatic N) is 1. The van der Waals surface area contributed by atoms with Crippen molar-refractivity contribution >= 4 is 23.0 Å². The number of thiocarbonyl (C=S) groups is 1. The largest absolute Gasteiger partial charge is 0.480 e. The highest BCUT2D eigenvalue weighted by atomic mass is 32.1. The Kier molecular flexibility index (Phi) is 4.90. The van der Waals surface area contributed by atoms with Crippen LogP contribution in [0.1, 0.15) is 18.5 Å². The maximum absolute atomic E-state index is 5.31. The molecule has 1 aromatic carbocycles. The summed E-state index contributed by atoms with van der Waals surface area (Å²) in [6.07, 6.45) is 1.67. The minimum atomic E-state index is 0.124. The predicted molar refractivity (Wildman–Crippen MR) is 85.0 cm³/mol. The molecule has 1 aromatic heterocycles. The zero-order chi connectivity index (χ0) is 14.4. The fourth-order valence-corrected chi connectivity index (χ4v) is 2.12. The number of nitrogens with one attached hydrogen (secondary N) is 2. The molecule has 104 valence electrons. The van der Waals surface area contributed by atoms with E-state index in [0.29, 0.717) is 11.0 Å². The fourth-order valence-electron chi connectivity index (χ4n) is 1.83. The molecule has 1 atom stereocenters. The molecule has 4 nitrogen and oxygen atoms in total. The minimum absolute atomic E-state index is 0.124. The van der Waals surface area contributed by atoms with Crippen molar-refractivity contribution < 1.29 is 4.74 Å². The zero-order valence-electron chi connectivity index (χ0n) is 11.5. The van der Waals surface area contributed by atoms with E-state index >= 15 is 0 Å². The number of aromatic nitrogens is 1. The molecular weight excluding hydrogens is 270 g/mol. The molecular formula is C15H17N3OS. The van der Waals surface area contributed by atoms with Gasteiger partial charge in [-0.2, -0.15) is 0 Å². The first-order valence-electron chi connectivity index (χ1n) is 6.32. The third-order valence-electron chi connectivity index (χ3n) is 2.86. The minimum Gasteiger partial charge on any atom is -0.480 e. The number of anilines is 1. The number of methoxy groups -OCH3 is 1. The van der Waals surface area contributed by atoms with E-state index < -0.39 is 0 Å². The predicted octanol–water partition coefficient (Wildman–Crippen LogP) is 3.14. The number of ether oxygens (including phenoxy) is 1. The summed E-state index contributed by atoms with van der Waals surface area (Å²) in [6.45, 7) is 2.06. The molecule has 2 aromatic rings. The lowest BCUT2D eigenvalue weighted by Crippen LogP contribution is -2.31. The molecule has 0 spiro atoms. The van der Waals surface area contributed by atoms with E-state index in [1.807, 2.05) is 30.3 Å². The quantitative estimate of drug-likeness (QED) is 0.846. The molecule has 1 heterocycles. The van der Waals surface area contributed by atoms with Gasteiger partial charge in [0.25, 0.3) is 0 Å². The lowest BCUT2D eigenvalue weighted by Gasteiger charge is -2.18. The first-order chi connectivity index (χ1) is 9.70. The van der Waals surface area contributed by atoms with Crippen LogP contribution in [0.4, 0.5) is 5.69 Å². The number of hydrogen-bond acceptors (Lipinski definition) is 3. The molecule has 1 unspecified atom stereocenters. The molecule has 0 saturated carbocycles. The van der Waals surface area contributed by atoms with Crippen LogP contribution in [0.2, 0.25) is 0 Å². The average molecular weight is 287 g/mol. The maximum Gasteiger partial charge on any atom is 0.237 e. The Hall–Kier alpha value is -2.14. The van der Waals surface area contributed by atoms with Crippen LogP contribution in [0, 0.1) is 0 Å². The molecule has 2 N–H and O–H groups in total. The van der Waals surface area contributed by atoms with Gasteiger partial charge in [0.2, 0.25) is 5.88 Å². The van der Waals surface area contributed by atoms with Gasteiger partial charge in [0.1, 0.15) is 5.69 Å². The van der Waals surface area contributed by atoms with Crippen molar-refractivity contribution in [2.75, 3.05) is 12.4 Å². The van der Waals surface area contributed by atoms with Crippen molar-refractivity contribution in [2.24, 2.45) is 0 Å². The van der Waals surface area contributed by atoms with Gasteiger partial charge in [0.15, 0.2) is 5.11 Å². The summed E-state index contributed by atoms with van der Waals surface area (Å²) < 4.78 is 5.17. The van der Waals surface area contributed by atoms with E-state index in [4.69, 9.17) is 17.0 Å². The van der Waals surface area contributed by atoms with Gasteiger partial charge in [0.05, 0.1) is 13.2 Å². The number of benzene rings is 1. The SMILES string of the molecule is COc1ncccc1NC(=S)NC(C)c1ccccc1. The lowest BCUT2D eigenvalue weighted by atomic mass is 10.1. The Morgan fingerprint density at radius 1 is 1.20 bits per heavy atom. The molecule has 0 bridgehead atoms. The Balaban J connectivity index is 1.99. The van der Waals surface area contributed by atoms with Gasteiger partial charge in [0, 0.05) is 6.20 Å². The van der Waals surface area contributed by atoms with Crippen LogP contribution in [0.15, 0.2) is 48.7 Å². The molecule has 5 heteroatoms. The zero-order valence-corrected chi connectivity index (χ0v) is 12.3. The molecule has 0 radical (unpaired) electrons.